The first-order valence-corrected chi connectivity index (χ1v) is 13.2. The van der Waals surface area contributed by atoms with E-state index in [1.807, 2.05) is 0 Å². The minimum Gasteiger partial charge on any atom is -0.295 e. The zero-order chi connectivity index (χ0) is 23.4. The summed E-state index contributed by atoms with van der Waals surface area (Å²) in [6.45, 7) is 24.8. The molecule has 0 bridgehead atoms. The normalized spacial score (nSPS) is 15.5. The first kappa shape index (κ1) is 28.0. The van der Waals surface area contributed by atoms with Crippen molar-refractivity contribution < 1.29 is 0 Å². The minimum absolute atomic E-state index is 0.397. The molecule has 1 fully saturated rings. The maximum absolute atomic E-state index is 5.82. The molecule has 0 N–H and O–H groups in total. The Labute approximate surface area is 196 Å². The minimum atomic E-state index is 0.397. The van der Waals surface area contributed by atoms with Crippen LogP contribution in [0.5, 0.6) is 0 Å². The fraction of sp³-hybridized carbons (Fsp3) is 0.800. The Kier molecular flexibility index (Phi) is 12.9. The first-order valence-electron chi connectivity index (χ1n) is 13.2. The molecule has 0 aliphatic carbocycles. The Bertz CT molecular complexity index is 542. The average Bonchev–Trinajstić information content (AvgIpc) is 3.56. The lowest BCUT2D eigenvalue weighted by Crippen LogP contribution is -2.38. The number of allylic oxidation sites excluding steroid dienone is 2. The Morgan fingerprint density at radius 1 is 0.806 bits per heavy atom. The molecule has 1 saturated heterocycles. The molecule has 1 aliphatic heterocycles. The van der Waals surface area contributed by atoms with E-state index in [4.69, 9.17) is 6.42 Å². The second-order valence-corrected chi connectivity index (χ2v) is 11.2. The Balaban J connectivity index is 2.68. The second-order valence-electron chi connectivity index (χ2n) is 11.2. The summed E-state index contributed by atoms with van der Waals surface area (Å²) in [6.07, 6.45) is 19.9. The van der Waals surface area contributed by atoms with Crippen molar-refractivity contribution in [3.8, 4) is 12.3 Å². The number of terminal acetylenes is 1. The van der Waals surface area contributed by atoms with Gasteiger partial charge in [0.1, 0.15) is 0 Å². The van der Waals surface area contributed by atoms with Crippen LogP contribution in [0.4, 0.5) is 0 Å². The molecule has 0 radical (unpaired) electrons. The van der Waals surface area contributed by atoms with Crippen LogP contribution in [0, 0.1) is 36.0 Å². The van der Waals surface area contributed by atoms with E-state index in [0.717, 1.165) is 0 Å². The lowest BCUT2D eigenvalue weighted by molar-refractivity contribution is 0.159. The van der Waals surface area contributed by atoms with Crippen molar-refractivity contribution in [1.29, 1.82) is 0 Å². The van der Waals surface area contributed by atoms with Crippen molar-refractivity contribution in [1.82, 2.24) is 4.90 Å². The van der Waals surface area contributed by atoms with E-state index in [1.54, 1.807) is 0 Å². The van der Waals surface area contributed by atoms with Gasteiger partial charge in [0.2, 0.25) is 0 Å². The molecule has 178 valence electrons. The van der Waals surface area contributed by atoms with E-state index >= 15 is 0 Å². The van der Waals surface area contributed by atoms with Crippen LogP contribution in [0.1, 0.15) is 112 Å². The quantitative estimate of drug-likeness (QED) is 0.0915. The van der Waals surface area contributed by atoms with Gasteiger partial charge in [-0.15, -0.1) is 12.3 Å². The highest BCUT2D eigenvalue weighted by Crippen LogP contribution is 2.39. The predicted molar refractivity (Wildman–Crippen MR) is 140 cm³/mol. The number of hydrogen-bond donors (Lipinski definition) is 0. The number of unbranched alkanes of at least 4 members (excludes halogenated alkanes) is 2. The highest BCUT2D eigenvalue weighted by Gasteiger charge is 2.41. The Hall–Kier alpha value is -1.00. The van der Waals surface area contributed by atoms with Crippen molar-refractivity contribution in [2.45, 2.75) is 118 Å². The third-order valence-electron chi connectivity index (χ3n) is 7.71. The molecule has 31 heavy (non-hydrogen) atoms. The highest BCUT2D eigenvalue weighted by atomic mass is 15.3. The van der Waals surface area contributed by atoms with Crippen LogP contribution in [0.3, 0.4) is 0 Å². The van der Waals surface area contributed by atoms with Gasteiger partial charge in [-0.25, -0.2) is 0 Å². The summed E-state index contributed by atoms with van der Waals surface area (Å²) in [4.78, 5) is 2.78. The molecule has 1 rings (SSSR count). The molecule has 0 amide bonds. The number of nitrogens with zero attached hydrogens (tertiary/aromatic N) is 1. The Morgan fingerprint density at radius 2 is 1.26 bits per heavy atom. The van der Waals surface area contributed by atoms with Gasteiger partial charge in [0, 0.05) is 24.5 Å². The maximum Gasteiger partial charge on any atom is 0.0223 e. The summed E-state index contributed by atoms with van der Waals surface area (Å²) >= 11 is 0. The molecular weight excluding hydrogens is 374 g/mol. The summed E-state index contributed by atoms with van der Waals surface area (Å²) in [5.74, 6) is 5.29. The fourth-order valence-electron chi connectivity index (χ4n) is 4.82. The molecule has 1 heteroatoms. The molecule has 1 atom stereocenters. The van der Waals surface area contributed by atoms with Crippen LogP contribution >= 0.6 is 0 Å². The molecule has 1 nitrogen and oxygen atoms in total. The van der Waals surface area contributed by atoms with Crippen molar-refractivity contribution in [3.63, 3.8) is 0 Å². The summed E-state index contributed by atoms with van der Waals surface area (Å²) in [5, 5.41) is 0. The zero-order valence-corrected chi connectivity index (χ0v) is 21.9. The van der Waals surface area contributed by atoms with Gasteiger partial charge in [-0.05, 0) is 69.1 Å². The lowest BCUT2D eigenvalue weighted by Gasteiger charge is -2.37. The summed E-state index contributed by atoms with van der Waals surface area (Å²) in [5.41, 5.74) is 3.23. The average molecular weight is 428 g/mol. The third-order valence-corrected chi connectivity index (χ3v) is 7.71. The summed E-state index contributed by atoms with van der Waals surface area (Å²) in [6, 6.07) is 0. The molecule has 0 aromatic rings. The van der Waals surface area contributed by atoms with Crippen LogP contribution in [-0.4, -0.2) is 23.5 Å². The first-order chi connectivity index (χ1) is 14.6. The van der Waals surface area contributed by atoms with E-state index < -0.39 is 0 Å². The molecule has 0 aromatic carbocycles. The summed E-state index contributed by atoms with van der Waals surface area (Å²) < 4.78 is 0. The van der Waals surface area contributed by atoms with Gasteiger partial charge in [-0.2, -0.15) is 0 Å². The van der Waals surface area contributed by atoms with E-state index in [-0.39, 0.29) is 0 Å². The van der Waals surface area contributed by atoms with Crippen LogP contribution in [-0.2, 0) is 0 Å². The molecule has 1 heterocycles. The van der Waals surface area contributed by atoms with Gasteiger partial charge >= 0.3 is 0 Å². The smallest absolute Gasteiger partial charge is 0.0223 e. The molecule has 0 spiro atoms. The van der Waals surface area contributed by atoms with Crippen molar-refractivity contribution in [3.05, 3.63) is 24.3 Å². The van der Waals surface area contributed by atoms with Gasteiger partial charge in [0.25, 0.3) is 0 Å². The monoisotopic (exact) mass is 427 g/mol. The largest absolute Gasteiger partial charge is 0.295 e. The van der Waals surface area contributed by atoms with Gasteiger partial charge in [0.15, 0.2) is 0 Å². The van der Waals surface area contributed by atoms with Crippen molar-refractivity contribution in [2.24, 2.45) is 23.7 Å². The van der Waals surface area contributed by atoms with E-state index in [1.165, 1.54) is 94.9 Å². The molecular formula is C30H53N. The SMILES string of the molecule is C#CC(CCCC(CCCCC(=C)C(C)C)(CCCCC(=C)C(C)C)N1CC1)C(C)C. The van der Waals surface area contributed by atoms with Gasteiger partial charge in [-0.3, -0.25) is 4.90 Å². The van der Waals surface area contributed by atoms with E-state index in [9.17, 15) is 0 Å². The van der Waals surface area contributed by atoms with Crippen LogP contribution in [0.2, 0.25) is 0 Å². The van der Waals surface area contributed by atoms with Gasteiger partial charge in [-0.1, -0.05) is 85.1 Å². The van der Waals surface area contributed by atoms with Crippen molar-refractivity contribution in [2.75, 3.05) is 13.1 Å². The molecule has 1 unspecified atom stereocenters. The zero-order valence-electron chi connectivity index (χ0n) is 21.9. The molecule has 0 aromatic heterocycles. The predicted octanol–water partition coefficient (Wildman–Crippen LogP) is 8.66. The van der Waals surface area contributed by atoms with Gasteiger partial charge in [0.05, 0.1) is 0 Å². The number of rotatable bonds is 18. The molecule has 1 aliphatic rings. The van der Waals surface area contributed by atoms with Crippen LogP contribution < -0.4 is 0 Å². The van der Waals surface area contributed by atoms with Crippen LogP contribution in [0.25, 0.3) is 0 Å². The third kappa shape index (κ3) is 10.4. The molecule has 0 saturated carbocycles. The standard InChI is InChI=1S/C30H53N/c1-10-29(26(6)7)18-15-21-30(31-22-23-31,19-13-11-16-27(8)24(2)3)20-14-12-17-28(9)25(4)5/h1,24-26,29H,8-9,11-23H2,2-7H3. The Morgan fingerprint density at radius 3 is 1.61 bits per heavy atom. The fourth-order valence-corrected chi connectivity index (χ4v) is 4.82. The maximum atomic E-state index is 5.82. The van der Waals surface area contributed by atoms with Crippen molar-refractivity contribution >= 4 is 0 Å². The van der Waals surface area contributed by atoms with Gasteiger partial charge < -0.3 is 0 Å². The second kappa shape index (κ2) is 14.2. The van der Waals surface area contributed by atoms with Crippen LogP contribution in [0.15, 0.2) is 24.3 Å². The van der Waals surface area contributed by atoms with E-state index in [2.05, 4.69) is 65.5 Å². The summed E-state index contributed by atoms with van der Waals surface area (Å²) in [7, 11) is 0. The highest BCUT2D eigenvalue weighted by molar-refractivity contribution is 5.01. The van der Waals surface area contributed by atoms with E-state index in [0.29, 0.717) is 29.2 Å². The topological polar surface area (TPSA) is 3.01 Å². The number of hydrogen-bond acceptors (Lipinski definition) is 1. The lowest BCUT2D eigenvalue weighted by atomic mass is 9.79.